The first-order valence-electron chi connectivity index (χ1n) is 16.2. The van der Waals surface area contributed by atoms with E-state index in [0.29, 0.717) is 44.1 Å². The molecule has 48 heavy (non-hydrogen) atoms. The highest BCUT2D eigenvalue weighted by molar-refractivity contribution is 6.43. The van der Waals surface area contributed by atoms with E-state index in [9.17, 15) is 14.4 Å². The van der Waals surface area contributed by atoms with Crippen LogP contribution in [0.4, 0.5) is 0 Å². The number of hydrogen-bond acceptors (Lipinski definition) is 9. The van der Waals surface area contributed by atoms with E-state index >= 15 is 0 Å². The van der Waals surface area contributed by atoms with Crippen LogP contribution in [0.2, 0.25) is 0 Å². The zero-order valence-corrected chi connectivity index (χ0v) is 26.6. The molecule has 13 nitrogen and oxygen atoms in total. The van der Waals surface area contributed by atoms with Crippen LogP contribution in [-0.2, 0) is 33.7 Å². The molecule has 3 aliphatic rings. The molecule has 1 unspecified atom stereocenters. The molecular weight excluding hydrogens is 612 g/mol. The van der Waals surface area contributed by atoms with Crippen molar-refractivity contribution in [1.82, 2.24) is 34.9 Å². The molecule has 0 radical (unpaired) electrons. The van der Waals surface area contributed by atoms with Gasteiger partial charge in [-0.3, -0.25) is 24.2 Å². The minimum Gasteiger partial charge on any atom is -0.478 e. The van der Waals surface area contributed by atoms with Gasteiger partial charge in [-0.15, -0.1) is 0 Å². The summed E-state index contributed by atoms with van der Waals surface area (Å²) in [5.74, 6) is -0.958. The van der Waals surface area contributed by atoms with Crippen molar-refractivity contribution in [1.29, 1.82) is 0 Å². The number of carbonyl (C=O) groups excluding carboxylic acids is 2. The van der Waals surface area contributed by atoms with Crippen LogP contribution in [0.1, 0.15) is 64.9 Å². The molecule has 7 rings (SSSR count). The summed E-state index contributed by atoms with van der Waals surface area (Å²) in [5, 5.41) is 19.0. The first kappa shape index (κ1) is 31.3. The Balaban J connectivity index is 1.07. The molecule has 13 heteroatoms. The molecule has 3 aliphatic heterocycles. The van der Waals surface area contributed by atoms with Crippen LogP contribution >= 0.6 is 0 Å². The van der Waals surface area contributed by atoms with E-state index in [4.69, 9.17) is 19.9 Å². The highest BCUT2D eigenvalue weighted by atomic mass is 16.5. The van der Waals surface area contributed by atoms with E-state index in [1.165, 1.54) is 18.1 Å². The number of aliphatic imine (C=N–C) groups is 1. The topological polar surface area (TPSA) is 165 Å². The Labute approximate surface area is 276 Å². The lowest BCUT2D eigenvalue weighted by Crippen LogP contribution is -2.35. The van der Waals surface area contributed by atoms with Crippen molar-refractivity contribution < 1.29 is 24.2 Å². The minimum atomic E-state index is -1.09. The molecule has 1 atom stereocenters. The van der Waals surface area contributed by atoms with E-state index in [1.807, 2.05) is 23.2 Å². The number of carbonyl (C=O) groups is 3. The fourth-order valence-electron chi connectivity index (χ4n) is 6.59. The fraction of sp³-hybridized carbons (Fsp3) is 0.371. The maximum atomic E-state index is 12.7. The van der Waals surface area contributed by atoms with Gasteiger partial charge < -0.3 is 20.1 Å². The van der Waals surface area contributed by atoms with Crippen LogP contribution in [-0.4, -0.2) is 91.1 Å². The number of rotatable bonds is 8. The summed E-state index contributed by atoms with van der Waals surface area (Å²) in [6.07, 6.45) is 11.1. The molecule has 0 saturated carbocycles. The number of aromatic nitrogens is 5. The number of ether oxygens (including phenoxy) is 1. The van der Waals surface area contributed by atoms with Crippen molar-refractivity contribution in [3.63, 3.8) is 0 Å². The number of aromatic carboxylic acids is 1. The second kappa shape index (κ2) is 13.4. The van der Waals surface area contributed by atoms with Gasteiger partial charge in [-0.1, -0.05) is 24.3 Å². The van der Waals surface area contributed by atoms with Crippen LogP contribution < -0.4 is 5.32 Å². The van der Waals surface area contributed by atoms with Crippen molar-refractivity contribution in [2.75, 3.05) is 32.8 Å². The Morgan fingerprint density at radius 2 is 1.90 bits per heavy atom. The molecule has 246 valence electrons. The van der Waals surface area contributed by atoms with Crippen molar-refractivity contribution in [2.24, 2.45) is 4.99 Å². The second-order valence-corrected chi connectivity index (χ2v) is 12.3. The summed E-state index contributed by atoms with van der Waals surface area (Å²) < 4.78 is 7.83. The highest BCUT2D eigenvalue weighted by Crippen LogP contribution is 2.37. The summed E-state index contributed by atoms with van der Waals surface area (Å²) in [4.78, 5) is 55.4. The summed E-state index contributed by atoms with van der Waals surface area (Å²) in [6.45, 7) is 4.99. The third kappa shape index (κ3) is 6.33. The Kier molecular flexibility index (Phi) is 8.76. The minimum absolute atomic E-state index is 0.0129. The first-order valence-corrected chi connectivity index (χ1v) is 16.2. The van der Waals surface area contributed by atoms with Crippen LogP contribution in [0.15, 0.2) is 60.0 Å². The third-order valence-electron chi connectivity index (χ3n) is 9.25. The van der Waals surface area contributed by atoms with E-state index in [0.717, 1.165) is 65.8 Å². The average molecular weight is 649 g/mol. The van der Waals surface area contributed by atoms with Crippen LogP contribution in [0.3, 0.4) is 0 Å². The van der Waals surface area contributed by atoms with Gasteiger partial charge in [0.1, 0.15) is 11.5 Å². The smallest absolute Gasteiger partial charge is 0.338 e. The molecule has 0 aliphatic carbocycles. The van der Waals surface area contributed by atoms with Gasteiger partial charge in [0.25, 0.3) is 5.91 Å². The molecule has 4 aromatic rings. The Morgan fingerprint density at radius 3 is 2.62 bits per heavy atom. The Bertz CT molecular complexity index is 1940. The van der Waals surface area contributed by atoms with Gasteiger partial charge >= 0.3 is 5.97 Å². The summed E-state index contributed by atoms with van der Waals surface area (Å²) >= 11 is 0. The zero-order valence-electron chi connectivity index (χ0n) is 26.6. The SMILES string of the molecule is CC(=O)N1CCc2c(c(-c3cccc4cc(C5C=CC(C(=O)NCCc6ncc(C(=O)O)cn6)=NC5)ncc34)nn2C2CCOCC2)C1. The number of nitrogens with zero attached hydrogens (tertiary/aromatic N) is 7. The van der Waals surface area contributed by atoms with Gasteiger partial charge in [-0.2, -0.15) is 5.10 Å². The monoisotopic (exact) mass is 648 g/mol. The summed E-state index contributed by atoms with van der Waals surface area (Å²) in [7, 11) is 0. The number of nitrogens with one attached hydrogen (secondary N) is 1. The average Bonchev–Trinajstić information content (AvgIpc) is 3.50. The van der Waals surface area contributed by atoms with Gasteiger partial charge in [0.05, 0.1) is 23.8 Å². The number of fused-ring (bicyclic) bond motifs is 2. The molecule has 2 N–H and O–H groups in total. The molecule has 0 bridgehead atoms. The quantitative estimate of drug-likeness (QED) is 0.292. The van der Waals surface area contributed by atoms with E-state index in [-0.39, 0.29) is 29.3 Å². The van der Waals surface area contributed by atoms with E-state index < -0.39 is 5.97 Å². The lowest BCUT2D eigenvalue weighted by atomic mass is 9.95. The molecule has 6 heterocycles. The number of benzene rings is 1. The second-order valence-electron chi connectivity index (χ2n) is 12.3. The number of amides is 2. The maximum absolute atomic E-state index is 12.7. The maximum Gasteiger partial charge on any atom is 0.338 e. The van der Waals surface area contributed by atoms with Crippen LogP contribution in [0.5, 0.6) is 0 Å². The van der Waals surface area contributed by atoms with Crippen LogP contribution in [0, 0.1) is 0 Å². The third-order valence-corrected chi connectivity index (χ3v) is 9.25. The van der Waals surface area contributed by atoms with Crippen molar-refractivity contribution >= 4 is 34.3 Å². The van der Waals surface area contributed by atoms with E-state index in [1.54, 1.807) is 13.0 Å². The molecule has 3 aromatic heterocycles. The van der Waals surface area contributed by atoms with Gasteiger partial charge in [-0.25, -0.2) is 14.8 Å². The summed E-state index contributed by atoms with van der Waals surface area (Å²) in [5.41, 5.74) is 5.43. The van der Waals surface area contributed by atoms with Crippen LogP contribution in [0.25, 0.3) is 22.0 Å². The van der Waals surface area contributed by atoms with Gasteiger partial charge in [-0.05, 0) is 30.4 Å². The van der Waals surface area contributed by atoms with Crippen molar-refractivity contribution in [3.05, 3.63) is 83.3 Å². The first-order chi connectivity index (χ1) is 23.4. The number of pyridine rings is 1. The van der Waals surface area contributed by atoms with Crippen molar-refractivity contribution in [2.45, 2.75) is 51.1 Å². The molecular formula is C35H36N8O5. The molecule has 1 aromatic carbocycles. The van der Waals surface area contributed by atoms with Gasteiger partial charge in [0, 0.05) is 105 Å². The number of hydrogen-bond donors (Lipinski definition) is 2. The molecule has 1 fully saturated rings. The number of carboxylic acid groups (broad SMARTS) is 1. The predicted molar refractivity (Wildman–Crippen MR) is 177 cm³/mol. The normalized spacial score (nSPS) is 18.0. The Morgan fingerprint density at radius 1 is 1.08 bits per heavy atom. The summed E-state index contributed by atoms with van der Waals surface area (Å²) in [6, 6.07) is 8.55. The molecule has 1 saturated heterocycles. The molecule has 0 spiro atoms. The van der Waals surface area contributed by atoms with E-state index in [2.05, 4.69) is 43.2 Å². The largest absolute Gasteiger partial charge is 0.478 e. The number of dihydropyridines is 1. The predicted octanol–water partition coefficient (Wildman–Crippen LogP) is 3.30. The zero-order chi connectivity index (χ0) is 33.2. The van der Waals surface area contributed by atoms with Gasteiger partial charge in [0.15, 0.2) is 0 Å². The van der Waals surface area contributed by atoms with Crippen molar-refractivity contribution in [3.8, 4) is 11.3 Å². The lowest BCUT2D eigenvalue weighted by Gasteiger charge is -2.29. The standard InChI is InChI=1S/C35H36N8O5/c1-21(44)42-12-8-31-28(20-42)33(41-43(31)25-9-13-48-14-10-25)26-4-2-3-22-15-30(38-19-27(22)26)23-5-6-29(37-16-23)34(45)36-11-7-32-39-17-24(18-40-32)35(46)47/h2-6,15,17-19,23,25H,7-14,16,20H2,1H3,(H,36,45)(H,46,47). The Hall–Kier alpha value is -5.30. The highest BCUT2D eigenvalue weighted by Gasteiger charge is 2.31. The van der Waals surface area contributed by atoms with Gasteiger partial charge in [0.2, 0.25) is 5.91 Å². The lowest BCUT2D eigenvalue weighted by molar-refractivity contribution is -0.129. The fourth-order valence-corrected chi connectivity index (χ4v) is 6.59. The molecule has 2 amide bonds. The number of carboxylic acids is 1.